The molecule has 4 atom stereocenters. The molecule has 2 aliphatic carbocycles. The molecule has 0 spiro atoms. The van der Waals surface area contributed by atoms with Crippen LogP contribution in [0.1, 0.15) is 57.4 Å². The molecule has 0 aliphatic heterocycles. The molecule has 1 N–H and O–H groups in total. The summed E-state index contributed by atoms with van der Waals surface area (Å²) >= 11 is 0. The third-order valence-corrected chi connectivity index (χ3v) is 7.82. The summed E-state index contributed by atoms with van der Waals surface area (Å²) in [5, 5.41) is 0. The Bertz CT molecular complexity index is 816. The predicted octanol–water partition coefficient (Wildman–Crippen LogP) is 4.37. The summed E-state index contributed by atoms with van der Waals surface area (Å²) in [6.07, 6.45) is 10.7. The third kappa shape index (κ3) is 5.70. The van der Waals surface area contributed by atoms with Gasteiger partial charge in [0.05, 0.1) is 11.5 Å². The topological polar surface area (TPSA) is 72.5 Å². The summed E-state index contributed by atoms with van der Waals surface area (Å²) in [6, 6.07) is 7.06. The Labute approximate surface area is 175 Å². The Balaban J connectivity index is 1.55. The normalized spacial score (nSPS) is 26.3. The van der Waals surface area contributed by atoms with E-state index in [0.29, 0.717) is 35.7 Å². The minimum Gasteiger partial charge on any atom is -0.466 e. The van der Waals surface area contributed by atoms with E-state index in [0.717, 1.165) is 37.7 Å². The largest absolute Gasteiger partial charge is 0.466 e. The Hall–Kier alpha value is -1.66. The smallest absolute Gasteiger partial charge is 0.305 e. The van der Waals surface area contributed by atoms with E-state index in [-0.39, 0.29) is 12.0 Å². The number of nitrogens with one attached hydrogen (secondary N) is 1. The highest BCUT2D eigenvalue weighted by atomic mass is 32.2. The molecule has 160 valence electrons. The van der Waals surface area contributed by atoms with Gasteiger partial charge in [0.25, 0.3) is 0 Å². The molecule has 2 bridgehead atoms. The number of carbonyl (C=O) groups is 1. The number of hydrogen-bond acceptors (Lipinski definition) is 4. The molecule has 1 aromatic carbocycles. The molecule has 2 saturated carbocycles. The molecular weight excluding hydrogens is 386 g/mol. The summed E-state index contributed by atoms with van der Waals surface area (Å²) in [5.74, 6) is 1.27. The van der Waals surface area contributed by atoms with Gasteiger partial charge in [0.2, 0.25) is 10.0 Å². The van der Waals surface area contributed by atoms with Crippen molar-refractivity contribution in [1.82, 2.24) is 4.72 Å². The highest BCUT2D eigenvalue weighted by Crippen LogP contribution is 2.50. The molecule has 0 saturated heterocycles. The zero-order valence-electron chi connectivity index (χ0n) is 17.5. The number of allylic oxidation sites excluding steroid dienone is 2. The summed E-state index contributed by atoms with van der Waals surface area (Å²) in [4.78, 5) is 11.7. The zero-order valence-corrected chi connectivity index (χ0v) is 18.3. The van der Waals surface area contributed by atoms with Gasteiger partial charge in [-0.2, -0.15) is 0 Å². The van der Waals surface area contributed by atoms with E-state index in [1.165, 1.54) is 6.42 Å². The van der Waals surface area contributed by atoms with Crippen LogP contribution in [0.15, 0.2) is 41.3 Å². The minimum atomic E-state index is -3.50. The van der Waals surface area contributed by atoms with Gasteiger partial charge in [0.1, 0.15) is 0 Å². The van der Waals surface area contributed by atoms with Crippen LogP contribution in [0.2, 0.25) is 0 Å². The van der Waals surface area contributed by atoms with Crippen molar-refractivity contribution in [3.8, 4) is 0 Å². The third-order valence-electron chi connectivity index (χ3n) is 6.34. The summed E-state index contributed by atoms with van der Waals surface area (Å²) < 4.78 is 33.7. The van der Waals surface area contributed by atoms with Crippen LogP contribution in [0.4, 0.5) is 0 Å². The second kappa shape index (κ2) is 9.90. The first-order chi connectivity index (χ1) is 13.9. The van der Waals surface area contributed by atoms with Gasteiger partial charge in [-0.1, -0.05) is 29.8 Å². The lowest BCUT2D eigenvalue weighted by Crippen LogP contribution is -2.43. The standard InChI is InChI=1S/C23H33NO4S/c1-3-28-22(25)9-7-5-4-6-8-21-18-12-13-19(16-18)23(21)24-29(26,27)20-14-10-17(2)11-15-20/h4,6,10-11,14-15,18-19,21,23-24H,3,5,7-9,12-13,16H2,1-2H3/t18-,19+,21+,23+/m1/s1. The molecule has 0 amide bonds. The van der Waals surface area contributed by atoms with Crippen LogP contribution in [-0.2, 0) is 19.6 Å². The van der Waals surface area contributed by atoms with Crippen LogP contribution < -0.4 is 4.72 Å². The average molecular weight is 420 g/mol. The SMILES string of the molecule is CCOC(=O)CCCC=CC[C@H]1[C@@H]2CC[C@@H](C2)[C@@H]1NS(=O)(=O)c1ccc(C)cc1. The van der Waals surface area contributed by atoms with E-state index in [4.69, 9.17) is 4.74 Å². The zero-order chi connectivity index (χ0) is 20.9. The van der Waals surface area contributed by atoms with Crippen molar-refractivity contribution in [2.75, 3.05) is 6.61 Å². The molecule has 0 aromatic heterocycles. The van der Waals surface area contributed by atoms with Gasteiger partial charge in [-0.15, -0.1) is 0 Å². The molecule has 1 aromatic rings. The fourth-order valence-corrected chi connectivity index (χ4v) is 6.22. The van der Waals surface area contributed by atoms with Crippen LogP contribution in [0, 0.1) is 24.7 Å². The molecule has 0 radical (unpaired) electrons. The monoisotopic (exact) mass is 419 g/mol. The van der Waals surface area contributed by atoms with Crippen molar-refractivity contribution in [2.24, 2.45) is 17.8 Å². The Morgan fingerprint density at radius 1 is 1.17 bits per heavy atom. The van der Waals surface area contributed by atoms with Crippen LogP contribution >= 0.6 is 0 Å². The Morgan fingerprint density at radius 3 is 2.62 bits per heavy atom. The summed E-state index contributed by atoms with van der Waals surface area (Å²) in [7, 11) is -3.50. The maximum atomic E-state index is 12.9. The van der Waals surface area contributed by atoms with E-state index in [1.807, 2.05) is 26.0 Å². The minimum absolute atomic E-state index is 0.0178. The number of hydrogen-bond donors (Lipinski definition) is 1. The second-order valence-electron chi connectivity index (χ2n) is 8.36. The van der Waals surface area contributed by atoms with Gasteiger partial charge in [0.15, 0.2) is 0 Å². The number of ether oxygens (including phenoxy) is 1. The second-order valence-corrected chi connectivity index (χ2v) is 10.1. The van der Waals surface area contributed by atoms with Crippen molar-refractivity contribution in [2.45, 2.75) is 69.7 Å². The lowest BCUT2D eigenvalue weighted by atomic mass is 9.83. The summed E-state index contributed by atoms with van der Waals surface area (Å²) in [5.41, 5.74) is 1.05. The number of aryl methyl sites for hydroxylation is 1. The van der Waals surface area contributed by atoms with Gasteiger partial charge in [-0.25, -0.2) is 13.1 Å². The van der Waals surface area contributed by atoms with Crippen molar-refractivity contribution in [1.29, 1.82) is 0 Å². The molecule has 2 aliphatic rings. The molecule has 29 heavy (non-hydrogen) atoms. The van der Waals surface area contributed by atoms with Crippen LogP contribution in [0.25, 0.3) is 0 Å². The van der Waals surface area contributed by atoms with E-state index < -0.39 is 10.0 Å². The van der Waals surface area contributed by atoms with Crippen LogP contribution in [0.3, 0.4) is 0 Å². The van der Waals surface area contributed by atoms with Gasteiger partial charge in [0, 0.05) is 12.5 Å². The lowest BCUT2D eigenvalue weighted by Gasteiger charge is -2.31. The summed E-state index contributed by atoms with van der Waals surface area (Å²) in [6.45, 7) is 4.20. The first kappa shape index (κ1) is 22.0. The fourth-order valence-electron chi connectivity index (χ4n) is 4.87. The lowest BCUT2D eigenvalue weighted by molar-refractivity contribution is -0.143. The molecule has 0 heterocycles. The van der Waals surface area contributed by atoms with Crippen molar-refractivity contribution >= 4 is 16.0 Å². The Morgan fingerprint density at radius 2 is 1.90 bits per heavy atom. The number of unbranched alkanes of at least 4 members (excludes halogenated alkanes) is 1. The van der Waals surface area contributed by atoms with Crippen molar-refractivity contribution in [3.63, 3.8) is 0 Å². The number of rotatable bonds is 10. The number of fused-ring (bicyclic) bond motifs is 2. The average Bonchev–Trinajstić information content (AvgIpc) is 3.27. The number of esters is 1. The first-order valence-electron chi connectivity index (χ1n) is 10.8. The van der Waals surface area contributed by atoms with Crippen molar-refractivity contribution < 1.29 is 17.9 Å². The van der Waals surface area contributed by atoms with Gasteiger partial charge >= 0.3 is 5.97 Å². The highest BCUT2D eigenvalue weighted by Gasteiger charge is 2.48. The molecular formula is C23H33NO4S. The maximum Gasteiger partial charge on any atom is 0.305 e. The molecule has 2 fully saturated rings. The number of benzene rings is 1. The van der Waals surface area contributed by atoms with Gasteiger partial charge < -0.3 is 4.74 Å². The van der Waals surface area contributed by atoms with E-state index in [2.05, 4.69) is 16.9 Å². The molecule has 6 heteroatoms. The van der Waals surface area contributed by atoms with Gasteiger partial charge in [-0.05, 0) is 82.3 Å². The quantitative estimate of drug-likeness (QED) is 0.347. The molecule has 0 unspecified atom stereocenters. The number of carbonyl (C=O) groups excluding carboxylic acids is 1. The van der Waals surface area contributed by atoms with E-state index in [9.17, 15) is 13.2 Å². The van der Waals surface area contributed by atoms with E-state index >= 15 is 0 Å². The Kier molecular flexibility index (Phi) is 7.52. The fraction of sp³-hybridized carbons (Fsp3) is 0.609. The molecule has 3 rings (SSSR count). The first-order valence-corrected chi connectivity index (χ1v) is 12.3. The maximum absolute atomic E-state index is 12.9. The van der Waals surface area contributed by atoms with Crippen LogP contribution in [0.5, 0.6) is 0 Å². The van der Waals surface area contributed by atoms with Crippen molar-refractivity contribution in [3.05, 3.63) is 42.0 Å². The van der Waals surface area contributed by atoms with E-state index in [1.54, 1.807) is 12.1 Å². The van der Waals surface area contributed by atoms with Gasteiger partial charge in [-0.3, -0.25) is 4.79 Å². The van der Waals surface area contributed by atoms with Crippen LogP contribution in [-0.4, -0.2) is 27.0 Å². The predicted molar refractivity (Wildman–Crippen MR) is 114 cm³/mol. The highest BCUT2D eigenvalue weighted by molar-refractivity contribution is 7.89. The molecule has 5 nitrogen and oxygen atoms in total. The number of sulfonamides is 1.